The molecule has 1 N–H and O–H groups in total. The smallest absolute Gasteiger partial charge is 0.120 e. The standard InChI is InChI=1S/C17H27ClN2O2.2ClH/c1-4-19-5-7-20(8-6-19)11-15(21)12-22-16-9-13(2)17(18)14(3)10-16;;/h9-10,15,21H,4-8,11-12H2,1-3H3;2*1H/p-2. The molecule has 1 atom stereocenters. The summed E-state index contributed by atoms with van der Waals surface area (Å²) in [6.45, 7) is 12.4. The van der Waals surface area contributed by atoms with Crippen molar-refractivity contribution in [1.82, 2.24) is 9.80 Å². The van der Waals surface area contributed by atoms with Gasteiger partial charge in [-0.05, 0) is 43.7 Å². The van der Waals surface area contributed by atoms with E-state index in [4.69, 9.17) is 16.3 Å². The van der Waals surface area contributed by atoms with Crippen LogP contribution in [0.3, 0.4) is 0 Å². The molecule has 1 fully saturated rings. The van der Waals surface area contributed by atoms with Gasteiger partial charge in [0.2, 0.25) is 0 Å². The zero-order valence-electron chi connectivity index (χ0n) is 14.6. The van der Waals surface area contributed by atoms with E-state index in [9.17, 15) is 5.11 Å². The second kappa shape index (κ2) is 11.4. The van der Waals surface area contributed by atoms with E-state index >= 15 is 0 Å². The third-order valence-corrected chi connectivity index (χ3v) is 4.83. The molecule has 24 heavy (non-hydrogen) atoms. The molecule has 1 aromatic carbocycles. The molecule has 1 aromatic rings. The second-order valence-corrected chi connectivity index (χ2v) is 6.45. The Morgan fingerprint density at radius 3 is 2.08 bits per heavy atom. The lowest BCUT2D eigenvalue weighted by molar-refractivity contribution is -0.00100. The monoisotopic (exact) mass is 396 g/mol. The number of rotatable bonds is 6. The van der Waals surface area contributed by atoms with Gasteiger partial charge in [0.25, 0.3) is 0 Å². The van der Waals surface area contributed by atoms with Crippen molar-refractivity contribution in [3.05, 3.63) is 28.3 Å². The number of aryl methyl sites for hydroxylation is 2. The van der Waals surface area contributed by atoms with Gasteiger partial charge in [-0.1, -0.05) is 18.5 Å². The number of benzene rings is 1. The van der Waals surface area contributed by atoms with E-state index in [1.165, 1.54) is 0 Å². The maximum Gasteiger partial charge on any atom is 0.120 e. The van der Waals surface area contributed by atoms with E-state index in [1.54, 1.807) is 0 Å². The largest absolute Gasteiger partial charge is 1.00 e. The van der Waals surface area contributed by atoms with Gasteiger partial charge < -0.3 is 39.6 Å². The van der Waals surface area contributed by atoms with Crippen LogP contribution < -0.4 is 29.6 Å². The SMILES string of the molecule is CCN1CCN(CC(O)COc2cc(C)c(Cl)c(C)c2)CC1.[Cl-].[Cl-]. The van der Waals surface area contributed by atoms with Gasteiger partial charge in [-0.25, -0.2) is 0 Å². The van der Waals surface area contributed by atoms with Crippen molar-refractivity contribution in [2.24, 2.45) is 0 Å². The Bertz CT molecular complexity index is 472. The minimum atomic E-state index is -0.468. The molecule has 0 bridgehead atoms. The summed E-state index contributed by atoms with van der Waals surface area (Å²) < 4.78 is 5.72. The first-order valence-electron chi connectivity index (χ1n) is 8.02. The predicted molar refractivity (Wildman–Crippen MR) is 91.0 cm³/mol. The second-order valence-electron chi connectivity index (χ2n) is 6.07. The molecule has 4 nitrogen and oxygen atoms in total. The van der Waals surface area contributed by atoms with Gasteiger partial charge in [0.15, 0.2) is 0 Å². The first-order chi connectivity index (χ1) is 10.5. The van der Waals surface area contributed by atoms with Crippen LogP contribution in [-0.2, 0) is 0 Å². The molecule has 0 aliphatic carbocycles. The minimum Gasteiger partial charge on any atom is -1.00 e. The first kappa shape index (κ1) is 23.8. The van der Waals surface area contributed by atoms with Gasteiger partial charge >= 0.3 is 0 Å². The molecule has 1 heterocycles. The van der Waals surface area contributed by atoms with Crippen molar-refractivity contribution in [2.45, 2.75) is 26.9 Å². The molecule has 7 heteroatoms. The van der Waals surface area contributed by atoms with Crippen LogP contribution in [0, 0.1) is 13.8 Å². The summed E-state index contributed by atoms with van der Waals surface area (Å²) in [5, 5.41) is 11.0. The Morgan fingerprint density at radius 2 is 1.58 bits per heavy atom. The van der Waals surface area contributed by atoms with E-state index in [0.717, 1.165) is 54.6 Å². The molecule has 1 aliphatic rings. The third-order valence-electron chi connectivity index (χ3n) is 4.23. The number of nitrogens with zero attached hydrogens (tertiary/aromatic N) is 2. The van der Waals surface area contributed by atoms with Crippen LogP contribution in [0.15, 0.2) is 12.1 Å². The number of aliphatic hydroxyl groups excluding tert-OH is 1. The minimum absolute atomic E-state index is 0. The number of ether oxygens (including phenoxy) is 1. The summed E-state index contributed by atoms with van der Waals surface area (Å²) in [7, 11) is 0. The van der Waals surface area contributed by atoms with Gasteiger partial charge in [0, 0.05) is 37.7 Å². The predicted octanol–water partition coefficient (Wildman–Crippen LogP) is -3.66. The lowest BCUT2D eigenvalue weighted by Crippen LogP contribution is -3.00. The lowest BCUT2D eigenvalue weighted by Gasteiger charge is -2.34. The number of aliphatic hydroxyl groups is 1. The molecule has 1 saturated heterocycles. The molecule has 140 valence electrons. The Kier molecular flexibility index (Phi) is 11.3. The van der Waals surface area contributed by atoms with Gasteiger partial charge in [-0.2, -0.15) is 0 Å². The van der Waals surface area contributed by atoms with Crippen molar-refractivity contribution >= 4 is 11.6 Å². The fourth-order valence-corrected chi connectivity index (χ4v) is 2.93. The van der Waals surface area contributed by atoms with E-state index < -0.39 is 6.10 Å². The van der Waals surface area contributed by atoms with Crippen molar-refractivity contribution < 1.29 is 34.7 Å². The molecule has 0 aromatic heterocycles. The fraction of sp³-hybridized carbons (Fsp3) is 0.647. The number of likely N-dealkylation sites (N-methyl/N-ethyl adjacent to an activating group) is 1. The molecule has 0 amide bonds. The highest BCUT2D eigenvalue weighted by atomic mass is 35.5. The average molecular weight is 398 g/mol. The lowest BCUT2D eigenvalue weighted by atomic mass is 10.1. The van der Waals surface area contributed by atoms with Crippen LogP contribution in [0.1, 0.15) is 18.1 Å². The maximum absolute atomic E-state index is 10.2. The third kappa shape index (κ3) is 6.95. The molecular weight excluding hydrogens is 371 g/mol. The van der Waals surface area contributed by atoms with Crippen LogP contribution in [-0.4, -0.2) is 66.9 Å². The molecule has 0 radical (unpaired) electrons. The van der Waals surface area contributed by atoms with E-state index in [1.807, 2.05) is 26.0 Å². The summed E-state index contributed by atoms with van der Waals surface area (Å²) in [6, 6.07) is 3.84. The van der Waals surface area contributed by atoms with Crippen LogP contribution in [0.4, 0.5) is 0 Å². The summed E-state index contributed by atoms with van der Waals surface area (Å²) in [6.07, 6.45) is -0.468. The number of β-amino-alcohol motifs (C(OH)–C–C–N with tert-alkyl or cyclic N) is 1. The van der Waals surface area contributed by atoms with Crippen LogP contribution >= 0.6 is 11.6 Å². The molecule has 0 saturated carbocycles. The van der Waals surface area contributed by atoms with Crippen LogP contribution in [0.25, 0.3) is 0 Å². The number of halogens is 3. The summed E-state index contributed by atoms with van der Waals surface area (Å²) >= 11 is 6.15. The normalized spacial score (nSPS) is 16.9. The van der Waals surface area contributed by atoms with E-state index in [0.29, 0.717) is 13.2 Å². The Morgan fingerprint density at radius 1 is 1.08 bits per heavy atom. The molecule has 0 spiro atoms. The zero-order valence-corrected chi connectivity index (χ0v) is 16.8. The molecule has 1 aliphatic heterocycles. The summed E-state index contributed by atoms with van der Waals surface area (Å²) in [5.74, 6) is 0.772. The zero-order chi connectivity index (χ0) is 16.1. The van der Waals surface area contributed by atoms with Crippen molar-refractivity contribution in [2.75, 3.05) is 45.9 Å². The fourth-order valence-electron chi connectivity index (χ4n) is 2.82. The van der Waals surface area contributed by atoms with Crippen molar-refractivity contribution in [3.8, 4) is 5.75 Å². The Balaban J connectivity index is 0.00000264. The van der Waals surface area contributed by atoms with Crippen LogP contribution in [0.5, 0.6) is 5.75 Å². The number of piperazine rings is 1. The number of hydrogen-bond acceptors (Lipinski definition) is 4. The highest BCUT2D eigenvalue weighted by molar-refractivity contribution is 6.32. The van der Waals surface area contributed by atoms with Crippen molar-refractivity contribution in [3.63, 3.8) is 0 Å². The van der Waals surface area contributed by atoms with Gasteiger partial charge in [0.1, 0.15) is 18.5 Å². The average Bonchev–Trinajstić information content (AvgIpc) is 2.51. The summed E-state index contributed by atoms with van der Waals surface area (Å²) in [4.78, 5) is 4.73. The highest BCUT2D eigenvalue weighted by Gasteiger charge is 2.18. The Labute approximate surface area is 162 Å². The van der Waals surface area contributed by atoms with E-state index in [-0.39, 0.29) is 24.8 Å². The van der Waals surface area contributed by atoms with E-state index in [2.05, 4.69) is 16.7 Å². The Hall–Kier alpha value is -0.230. The van der Waals surface area contributed by atoms with Gasteiger partial charge in [-0.3, -0.25) is 4.90 Å². The highest BCUT2D eigenvalue weighted by Crippen LogP contribution is 2.25. The topological polar surface area (TPSA) is 35.9 Å². The van der Waals surface area contributed by atoms with Gasteiger partial charge in [-0.15, -0.1) is 0 Å². The van der Waals surface area contributed by atoms with Gasteiger partial charge in [0.05, 0.1) is 0 Å². The molecular formula is C17H27Cl3N2O2-2. The quantitative estimate of drug-likeness (QED) is 0.537. The molecule has 2 rings (SSSR count). The number of hydrogen-bond donors (Lipinski definition) is 1. The van der Waals surface area contributed by atoms with Crippen LogP contribution in [0.2, 0.25) is 5.02 Å². The van der Waals surface area contributed by atoms with Crippen molar-refractivity contribution in [1.29, 1.82) is 0 Å². The first-order valence-corrected chi connectivity index (χ1v) is 8.39. The molecule has 1 unspecified atom stereocenters. The maximum atomic E-state index is 10.2. The summed E-state index contributed by atoms with van der Waals surface area (Å²) in [5.41, 5.74) is 2.00.